The average Bonchev–Trinajstić information content (AvgIpc) is 2.96. The molecule has 3 atom stereocenters. The molecule has 15 heteroatoms. The second-order valence-electron chi connectivity index (χ2n) is 9.65. The molecule has 0 unspecified atom stereocenters. The maximum absolute atomic E-state index is 13.4. The van der Waals surface area contributed by atoms with E-state index in [1.54, 1.807) is 30.3 Å². The standard InChI is InChI=1S/C28H37F3N8O4/c29-28(30,31)19-13-11-18(12-14-19)24(41)37-21(10-6-16-36-27(34)35)25(42)38-20(9-4-5-15-32)26(43)39-22(23(33)40)17-7-2-1-3-8-17/h1-3,7-8,11-14,20-22H,4-6,9-10,15-16,32H2,(H2,33,40)(H,37,41)(H,38,42)(H,39,43)(H4,34,35,36)/t20-,21-,22-/m0/s1. The van der Waals surface area contributed by atoms with Gasteiger partial charge in [0.1, 0.15) is 18.1 Å². The van der Waals surface area contributed by atoms with Crippen molar-refractivity contribution in [1.29, 1.82) is 0 Å². The molecule has 2 rings (SSSR count). The Balaban J connectivity index is 2.25. The molecular formula is C28H37F3N8O4. The molecule has 0 saturated carbocycles. The predicted octanol–water partition coefficient (Wildman–Crippen LogP) is 0.814. The van der Waals surface area contributed by atoms with Crippen LogP contribution < -0.4 is 38.9 Å². The lowest BCUT2D eigenvalue weighted by Crippen LogP contribution is -2.54. The zero-order valence-corrected chi connectivity index (χ0v) is 23.4. The van der Waals surface area contributed by atoms with Gasteiger partial charge in [-0.2, -0.15) is 13.2 Å². The third kappa shape index (κ3) is 11.6. The quantitative estimate of drug-likeness (QED) is 0.0827. The number of unbranched alkanes of at least 4 members (excludes halogenated alkanes) is 1. The van der Waals surface area contributed by atoms with Crippen LogP contribution in [0.3, 0.4) is 0 Å². The summed E-state index contributed by atoms with van der Waals surface area (Å²) in [5.41, 5.74) is 21.2. The van der Waals surface area contributed by atoms with E-state index in [2.05, 4.69) is 20.9 Å². The first-order valence-electron chi connectivity index (χ1n) is 13.5. The normalized spacial score (nSPS) is 13.2. The van der Waals surface area contributed by atoms with Gasteiger partial charge in [0, 0.05) is 12.1 Å². The van der Waals surface area contributed by atoms with E-state index in [1.807, 2.05) is 0 Å². The van der Waals surface area contributed by atoms with Crippen LogP contribution in [0.5, 0.6) is 0 Å². The summed E-state index contributed by atoms with van der Waals surface area (Å²) in [7, 11) is 0. The summed E-state index contributed by atoms with van der Waals surface area (Å²) in [6, 6.07) is 8.26. The van der Waals surface area contributed by atoms with Gasteiger partial charge < -0.3 is 38.9 Å². The van der Waals surface area contributed by atoms with Gasteiger partial charge in [-0.05, 0) is 68.5 Å². The van der Waals surface area contributed by atoms with Crippen LogP contribution in [0.15, 0.2) is 59.6 Å². The molecule has 0 spiro atoms. The van der Waals surface area contributed by atoms with E-state index < -0.39 is 53.5 Å². The highest BCUT2D eigenvalue weighted by molar-refractivity contribution is 5.98. The fourth-order valence-electron chi connectivity index (χ4n) is 4.07. The molecule has 0 radical (unpaired) electrons. The maximum atomic E-state index is 13.4. The van der Waals surface area contributed by atoms with Crippen molar-refractivity contribution in [3.8, 4) is 0 Å². The Labute approximate surface area is 246 Å². The first-order valence-corrected chi connectivity index (χ1v) is 13.5. The van der Waals surface area contributed by atoms with E-state index >= 15 is 0 Å². The first-order chi connectivity index (χ1) is 20.3. The molecule has 2 aromatic carbocycles. The molecule has 0 fully saturated rings. The highest BCUT2D eigenvalue weighted by Gasteiger charge is 2.31. The van der Waals surface area contributed by atoms with Gasteiger partial charge in [-0.25, -0.2) is 0 Å². The SMILES string of the molecule is NCCCC[C@H](NC(=O)[C@H](CCCN=C(N)N)NC(=O)c1ccc(C(F)(F)F)cc1)C(=O)N[C@H](C(N)=O)c1ccccc1. The number of rotatable bonds is 16. The lowest BCUT2D eigenvalue weighted by atomic mass is 10.0. The van der Waals surface area contributed by atoms with Crippen LogP contribution in [-0.2, 0) is 20.6 Å². The Morgan fingerprint density at radius 2 is 1.35 bits per heavy atom. The number of nitrogens with zero attached hydrogens (tertiary/aromatic N) is 1. The van der Waals surface area contributed by atoms with Crippen LogP contribution in [-0.4, -0.2) is 54.8 Å². The van der Waals surface area contributed by atoms with Gasteiger partial charge in [0.25, 0.3) is 5.91 Å². The van der Waals surface area contributed by atoms with E-state index in [9.17, 15) is 32.3 Å². The minimum atomic E-state index is -4.59. The van der Waals surface area contributed by atoms with Crippen LogP contribution in [0.4, 0.5) is 13.2 Å². The molecule has 43 heavy (non-hydrogen) atoms. The number of hydrogen-bond donors (Lipinski definition) is 7. The van der Waals surface area contributed by atoms with Crippen molar-refractivity contribution >= 4 is 29.6 Å². The minimum Gasteiger partial charge on any atom is -0.370 e. The maximum Gasteiger partial charge on any atom is 0.416 e. The number of nitrogens with one attached hydrogen (secondary N) is 3. The van der Waals surface area contributed by atoms with Crippen molar-refractivity contribution in [3.05, 3.63) is 71.3 Å². The van der Waals surface area contributed by atoms with Crippen molar-refractivity contribution in [3.63, 3.8) is 0 Å². The van der Waals surface area contributed by atoms with Crippen LogP contribution in [0.2, 0.25) is 0 Å². The lowest BCUT2D eigenvalue weighted by molar-refractivity contribution is -0.137. The Kier molecular flexibility index (Phi) is 13.4. The summed E-state index contributed by atoms with van der Waals surface area (Å²) in [4.78, 5) is 55.6. The van der Waals surface area contributed by atoms with Gasteiger partial charge in [-0.3, -0.25) is 24.2 Å². The molecule has 11 N–H and O–H groups in total. The number of alkyl halides is 3. The van der Waals surface area contributed by atoms with E-state index in [0.29, 0.717) is 24.9 Å². The summed E-state index contributed by atoms with van der Waals surface area (Å²) in [6.45, 7) is 0.465. The zero-order valence-electron chi connectivity index (χ0n) is 23.4. The molecule has 0 aromatic heterocycles. The lowest BCUT2D eigenvalue weighted by Gasteiger charge is -2.25. The van der Waals surface area contributed by atoms with E-state index in [1.165, 1.54) is 0 Å². The third-order valence-corrected chi connectivity index (χ3v) is 6.33. The van der Waals surface area contributed by atoms with Crippen LogP contribution in [0.1, 0.15) is 59.6 Å². The molecule has 4 amide bonds. The largest absolute Gasteiger partial charge is 0.416 e. The molecule has 234 valence electrons. The number of primary amides is 1. The molecule has 0 aliphatic heterocycles. The molecule has 0 aliphatic carbocycles. The number of benzene rings is 2. The Morgan fingerprint density at radius 3 is 1.91 bits per heavy atom. The van der Waals surface area contributed by atoms with E-state index in [4.69, 9.17) is 22.9 Å². The van der Waals surface area contributed by atoms with Crippen molar-refractivity contribution in [2.24, 2.45) is 27.9 Å². The van der Waals surface area contributed by atoms with Gasteiger partial charge in [0.2, 0.25) is 17.7 Å². The van der Waals surface area contributed by atoms with E-state index in [0.717, 1.165) is 24.3 Å². The van der Waals surface area contributed by atoms with E-state index in [-0.39, 0.29) is 37.3 Å². The van der Waals surface area contributed by atoms with Crippen molar-refractivity contribution in [2.45, 2.75) is 56.4 Å². The molecule has 0 heterocycles. The van der Waals surface area contributed by atoms with Gasteiger partial charge >= 0.3 is 6.18 Å². The topological polar surface area (TPSA) is 221 Å². The number of carbonyl (C=O) groups is 4. The fourth-order valence-corrected chi connectivity index (χ4v) is 4.07. The van der Waals surface area contributed by atoms with Gasteiger partial charge in [0.05, 0.1) is 5.56 Å². The molecule has 0 aliphatic rings. The number of nitrogens with two attached hydrogens (primary N) is 4. The zero-order chi connectivity index (χ0) is 32.0. The van der Waals surface area contributed by atoms with Crippen molar-refractivity contribution < 1.29 is 32.3 Å². The summed E-state index contributed by atoms with van der Waals surface area (Å²) < 4.78 is 38.8. The number of aliphatic imine (C=N–C) groups is 1. The van der Waals surface area contributed by atoms with Crippen LogP contribution in [0, 0.1) is 0 Å². The molecule has 12 nitrogen and oxygen atoms in total. The Bertz CT molecular complexity index is 1250. The third-order valence-electron chi connectivity index (χ3n) is 6.33. The van der Waals surface area contributed by atoms with Crippen LogP contribution in [0.25, 0.3) is 0 Å². The molecule has 0 bridgehead atoms. The average molecular weight is 607 g/mol. The van der Waals surface area contributed by atoms with Crippen molar-refractivity contribution in [1.82, 2.24) is 16.0 Å². The number of halogens is 3. The summed E-state index contributed by atoms with van der Waals surface area (Å²) in [5.74, 6) is -3.22. The van der Waals surface area contributed by atoms with Crippen molar-refractivity contribution in [2.75, 3.05) is 13.1 Å². The van der Waals surface area contributed by atoms with Gasteiger partial charge in [0.15, 0.2) is 5.96 Å². The highest BCUT2D eigenvalue weighted by Crippen LogP contribution is 2.29. The highest BCUT2D eigenvalue weighted by atomic mass is 19.4. The Hall–Kier alpha value is -4.66. The molecular weight excluding hydrogens is 569 g/mol. The summed E-state index contributed by atoms with van der Waals surface area (Å²) in [6.07, 6.45) is -3.16. The number of hydrogen-bond acceptors (Lipinski definition) is 6. The number of amides is 4. The Morgan fingerprint density at radius 1 is 0.767 bits per heavy atom. The minimum absolute atomic E-state index is 0.0278. The summed E-state index contributed by atoms with van der Waals surface area (Å²) in [5, 5.41) is 7.69. The second-order valence-corrected chi connectivity index (χ2v) is 9.65. The number of carbonyl (C=O) groups excluding carboxylic acids is 4. The molecule has 0 saturated heterocycles. The first kappa shape index (κ1) is 34.5. The molecule has 2 aromatic rings. The monoisotopic (exact) mass is 606 g/mol. The fraction of sp³-hybridized carbons (Fsp3) is 0.393. The van der Waals surface area contributed by atoms with Gasteiger partial charge in [-0.1, -0.05) is 30.3 Å². The second kappa shape index (κ2) is 16.7. The van der Waals surface area contributed by atoms with Gasteiger partial charge in [-0.15, -0.1) is 0 Å². The summed E-state index contributed by atoms with van der Waals surface area (Å²) >= 11 is 0. The predicted molar refractivity (Wildman–Crippen MR) is 154 cm³/mol. The smallest absolute Gasteiger partial charge is 0.370 e. The number of guanidine groups is 1. The van der Waals surface area contributed by atoms with Crippen LogP contribution >= 0.6 is 0 Å².